The van der Waals surface area contributed by atoms with Crippen LogP contribution in [0.15, 0.2) is 78.0 Å². The molecule has 0 spiro atoms. The predicted molar refractivity (Wildman–Crippen MR) is 150 cm³/mol. The minimum atomic E-state index is -0.369. The summed E-state index contributed by atoms with van der Waals surface area (Å²) in [5.74, 6) is -0.134. The molecule has 1 N–H and O–H groups in total. The van der Waals surface area contributed by atoms with Crippen LogP contribution in [0, 0.1) is 4.91 Å². The van der Waals surface area contributed by atoms with Gasteiger partial charge in [-0.25, -0.2) is 0 Å². The molecular weight excluding hydrogens is 464 g/mol. The maximum absolute atomic E-state index is 13.0. The third-order valence-corrected chi connectivity index (χ3v) is 7.08. The molecule has 7 heteroatoms. The lowest BCUT2D eigenvalue weighted by Gasteiger charge is -2.31. The molecule has 1 amide bonds. The number of nitrogens with zero attached hydrogens (tertiary/aromatic N) is 3. The van der Waals surface area contributed by atoms with Crippen molar-refractivity contribution in [2.45, 2.75) is 32.4 Å². The van der Waals surface area contributed by atoms with E-state index >= 15 is 0 Å². The molecule has 190 valence electrons. The highest BCUT2D eigenvalue weighted by Crippen LogP contribution is 2.37. The first-order valence-electron chi connectivity index (χ1n) is 12.8. The number of nitroso groups, excluding NO2 is 1. The molecule has 5 rings (SSSR count). The summed E-state index contributed by atoms with van der Waals surface area (Å²) in [6.07, 6.45) is 5.18. The van der Waals surface area contributed by atoms with Gasteiger partial charge in [0, 0.05) is 47.4 Å². The molecule has 3 aromatic carbocycles. The number of hydrogen-bond donors (Lipinski definition) is 1. The van der Waals surface area contributed by atoms with Crippen LogP contribution in [0.5, 0.6) is 0 Å². The molecule has 0 bridgehead atoms. The predicted octanol–water partition coefficient (Wildman–Crippen LogP) is 6.55. The van der Waals surface area contributed by atoms with E-state index in [1.54, 1.807) is 6.92 Å². The normalized spacial score (nSPS) is 18.1. The maximum atomic E-state index is 13.0. The van der Waals surface area contributed by atoms with Gasteiger partial charge in [0.2, 0.25) is 0 Å². The largest absolute Gasteiger partial charge is 0.378 e. The van der Waals surface area contributed by atoms with Crippen molar-refractivity contribution in [1.82, 2.24) is 0 Å². The van der Waals surface area contributed by atoms with Gasteiger partial charge < -0.3 is 19.9 Å². The van der Waals surface area contributed by atoms with Crippen molar-refractivity contribution < 1.29 is 9.53 Å². The van der Waals surface area contributed by atoms with Gasteiger partial charge in [0.15, 0.2) is 0 Å². The standard InChI is InChI=1S/C30H32N4O3/c1-21-4-3-5-25-20-26(10-15-29(25)34(21)28-13-6-23(7-14-28)22(2)32-36)31-30(35)24-8-11-27(12-9-24)33-16-18-37-19-17-33/h3,5-15,20-22H,4,16-19H2,1-2H3,(H,31,35). The van der Waals surface area contributed by atoms with Crippen LogP contribution in [-0.4, -0.2) is 38.3 Å². The lowest BCUT2D eigenvalue weighted by Crippen LogP contribution is -2.36. The first-order valence-corrected chi connectivity index (χ1v) is 12.8. The molecule has 0 radical (unpaired) electrons. The van der Waals surface area contributed by atoms with Crippen LogP contribution in [0.1, 0.15) is 47.8 Å². The van der Waals surface area contributed by atoms with E-state index in [4.69, 9.17) is 4.74 Å². The van der Waals surface area contributed by atoms with Crippen molar-refractivity contribution in [1.29, 1.82) is 0 Å². The molecule has 2 aliphatic heterocycles. The minimum Gasteiger partial charge on any atom is -0.378 e. The Morgan fingerprint density at radius 1 is 1.00 bits per heavy atom. The molecule has 7 nitrogen and oxygen atoms in total. The molecule has 0 aliphatic carbocycles. The number of nitrogens with one attached hydrogen (secondary N) is 1. The van der Waals surface area contributed by atoms with Crippen molar-refractivity contribution in [2.75, 3.05) is 41.4 Å². The summed E-state index contributed by atoms with van der Waals surface area (Å²) in [6.45, 7) is 7.18. The summed E-state index contributed by atoms with van der Waals surface area (Å²) in [6, 6.07) is 21.6. The van der Waals surface area contributed by atoms with E-state index in [2.05, 4.69) is 45.4 Å². The monoisotopic (exact) mass is 496 g/mol. The van der Waals surface area contributed by atoms with Gasteiger partial charge >= 0.3 is 0 Å². The molecule has 1 saturated heterocycles. The van der Waals surface area contributed by atoms with Crippen molar-refractivity contribution in [3.63, 3.8) is 0 Å². The number of rotatable bonds is 6. The van der Waals surface area contributed by atoms with Gasteiger partial charge in [-0.3, -0.25) is 4.79 Å². The third-order valence-electron chi connectivity index (χ3n) is 7.08. The van der Waals surface area contributed by atoms with Crippen LogP contribution in [0.25, 0.3) is 6.08 Å². The maximum Gasteiger partial charge on any atom is 0.255 e. The Morgan fingerprint density at radius 3 is 2.41 bits per heavy atom. The zero-order valence-corrected chi connectivity index (χ0v) is 21.3. The van der Waals surface area contributed by atoms with Crippen LogP contribution >= 0.6 is 0 Å². The molecule has 2 atom stereocenters. The smallest absolute Gasteiger partial charge is 0.255 e. The fourth-order valence-electron chi connectivity index (χ4n) is 4.94. The van der Waals surface area contributed by atoms with Crippen LogP contribution < -0.4 is 15.1 Å². The highest BCUT2D eigenvalue weighted by molar-refractivity contribution is 6.04. The average Bonchev–Trinajstić information content (AvgIpc) is 3.11. The number of fused-ring (bicyclic) bond motifs is 1. The number of carbonyl (C=O) groups excluding carboxylic acids is 1. The summed E-state index contributed by atoms with van der Waals surface area (Å²) in [7, 11) is 0. The van der Waals surface area contributed by atoms with E-state index in [0.29, 0.717) is 5.56 Å². The fourth-order valence-corrected chi connectivity index (χ4v) is 4.94. The zero-order chi connectivity index (χ0) is 25.8. The molecule has 0 saturated carbocycles. The van der Waals surface area contributed by atoms with Crippen molar-refractivity contribution in [3.05, 3.63) is 94.4 Å². The van der Waals surface area contributed by atoms with E-state index in [1.807, 2.05) is 60.7 Å². The van der Waals surface area contributed by atoms with Gasteiger partial charge in [0.05, 0.1) is 13.2 Å². The van der Waals surface area contributed by atoms with E-state index in [9.17, 15) is 9.70 Å². The number of morpholine rings is 1. The Kier molecular flexibility index (Phi) is 7.32. The van der Waals surface area contributed by atoms with E-state index < -0.39 is 0 Å². The second kappa shape index (κ2) is 11.0. The lowest BCUT2D eigenvalue weighted by atomic mass is 10.1. The number of carbonyl (C=O) groups is 1. The Bertz CT molecular complexity index is 1280. The quantitative estimate of drug-likeness (QED) is 0.392. The second-order valence-corrected chi connectivity index (χ2v) is 9.60. The van der Waals surface area contributed by atoms with Gasteiger partial charge in [0.25, 0.3) is 5.91 Å². The molecule has 3 aromatic rings. The fraction of sp³-hybridized carbons (Fsp3) is 0.300. The number of hydrogen-bond acceptors (Lipinski definition) is 6. The molecule has 2 aliphatic rings. The van der Waals surface area contributed by atoms with E-state index in [0.717, 1.165) is 66.6 Å². The highest BCUT2D eigenvalue weighted by Gasteiger charge is 2.22. The Morgan fingerprint density at radius 2 is 1.70 bits per heavy atom. The van der Waals surface area contributed by atoms with Crippen molar-refractivity contribution in [2.24, 2.45) is 5.18 Å². The first-order chi connectivity index (χ1) is 18.0. The topological polar surface area (TPSA) is 74.2 Å². The van der Waals surface area contributed by atoms with Crippen LogP contribution in [0.3, 0.4) is 0 Å². The lowest BCUT2D eigenvalue weighted by molar-refractivity contribution is 0.102. The molecule has 37 heavy (non-hydrogen) atoms. The molecule has 1 fully saturated rings. The molecule has 2 unspecified atom stereocenters. The number of anilines is 4. The van der Waals surface area contributed by atoms with Crippen LogP contribution in [-0.2, 0) is 4.74 Å². The third kappa shape index (κ3) is 5.42. The Hall–Kier alpha value is -3.97. The summed E-state index contributed by atoms with van der Waals surface area (Å²) < 4.78 is 5.42. The summed E-state index contributed by atoms with van der Waals surface area (Å²) in [5, 5.41) is 6.19. The summed E-state index contributed by atoms with van der Waals surface area (Å²) in [5.41, 5.74) is 6.54. The number of amides is 1. The first kappa shape index (κ1) is 24.7. The molecular formula is C30H32N4O3. The number of benzene rings is 3. The van der Waals surface area contributed by atoms with Crippen LogP contribution in [0.4, 0.5) is 22.7 Å². The summed E-state index contributed by atoms with van der Waals surface area (Å²) >= 11 is 0. The second-order valence-electron chi connectivity index (χ2n) is 9.60. The van der Waals surface area contributed by atoms with Gasteiger partial charge in [-0.05, 0) is 86.0 Å². The zero-order valence-electron chi connectivity index (χ0n) is 21.3. The number of ether oxygens (including phenoxy) is 1. The Labute approximate surface area is 217 Å². The van der Waals surface area contributed by atoms with E-state index in [1.165, 1.54) is 0 Å². The van der Waals surface area contributed by atoms with Gasteiger partial charge in [-0.15, -0.1) is 0 Å². The van der Waals surface area contributed by atoms with Crippen molar-refractivity contribution in [3.8, 4) is 0 Å². The molecule has 2 heterocycles. The van der Waals surface area contributed by atoms with Crippen molar-refractivity contribution >= 4 is 34.7 Å². The van der Waals surface area contributed by atoms with Crippen LogP contribution in [0.2, 0.25) is 0 Å². The highest BCUT2D eigenvalue weighted by atomic mass is 16.5. The average molecular weight is 497 g/mol. The van der Waals surface area contributed by atoms with Gasteiger partial charge in [0.1, 0.15) is 6.04 Å². The van der Waals surface area contributed by atoms with E-state index in [-0.39, 0.29) is 18.0 Å². The molecule has 0 aromatic heterocycles. The Balaban J connectivity index is 1.34. The SMILES string of the molecule is CC(N=O)c1ccc(N2c3ccc(NC(=O)c4ccc(N5CCOCC5)cc4)cc3C=CCC2C)cc1. The summed E-state index contributed by atoms with van der Waals surface area (Å²) in [4.78, 5) is 28.5. The van der Waals surface area contributed by atoms with Gasteiger partial charge in [-0.2, -0.15) is 4.91 Å². The minimum absolute atomic E-state index is 0.134. The van der Waals surface area contributed by atoms with Gasteiger partial charge in [-0.1, -0.05) is 29.5 Å².